The van der Waals surface area contributed by atoms with Crippen molar-refractivity contribution in [1.29, 1.82) is 0 Å². The normalized spacial score (nSPS) is 11.8. The fourth-order valence-corrected chi connectivity index (χ4v) is 4.66. The Bertz CT molecular complexity index is 1500. The van der Waals surface area contributed by atoms with E-state index in [1.165, 1.54) is 24.8 Å². The fraction of sp³-hybridized carbons (Fsp3) is 0.385. The molecule has 40 heavy (non-hydrogen) atoms. The van der Waals surface area contributed by atoms with Crippen molar-refractivity contribution in [1.82, 2.24) is 45.0 Å². The number of amides is 3. The lowest BCUT2D eigenvalue weighted by molar-refractivity contribution is 0.0650. The van der Waals surface area contributed by atoms with Crippen LogP contribution in [0, 0.1) is 0 Å². The van der Waals surface area contributed by atoms with Gasteiger partial charge in [0.1, 0.15) is 18.0 Å². The zero-order valence-corrected chi connectivity index (χ0v) is 22.9. The Morgan fingerprint density at radius 2 is 1.98 bits per heavy atom. The summed E-state index contributed by atoms with van der Waals surface area (Å²) in [4.78, 5) is 52.3. The highest BCUT2D eigenvalue weighted by Crippen LogP contribution is 2.29. The highest BCUT2D eigenvalue weighted by atomic mass is 16.2. The predicted molar refractivity (Wildman–Crippen MR) is 149 cm³/mol. The van der Waals surface area contributed by atoms with Crippen molar-refractivity contribution in [3.05, 3.63) is 47.9 Å². The molecule has 4 heterocycles. The first-order valence-corrected chi connectivity index (χ1v) is 13.1. The first-order chi connectivity index (χ1) is 19.3. The Kier molecular flexibility index (Phi) is 8.67. The molecule has 1 atom stereocenters. The number of aromatic nitrogens is 7. The summed E-state index contributed by atoms with van der Waals surface area (Å²) in [5.41, 5.74) is 9.15. The van der Waals surface area contributed by atoms with Gasteiger partial charge in [-0.3, -0.25) is 20.0 Å². The molecular formula is C26H33N11O3. The third kappa shape index (κ3) is 5.75. The van der Waals surface area contributed by atoms with Crippen molar-refractivity contribution in [2.45, 2.75) is 52.5 Å². The summed E-state index contributed by atoms with van der Waals surface area (Å²) in [5, 5.41) is 15.9. The van der Waals surface area contributed by atoms with Gasteiger partial charge in [0, 0.05) is 37.0 Å². The van der Waals surface area contributed by atoms with Crippen LogP contribution in [0.1, 0.15) is 66.7 Å². The van der Waals surface area contributed by atoms with E-state index in [1.54, 1.807) is 29.4 Å². The number of hydrogen-bond donors (Lipinski definition) is 4. The van der Waals surface area contributed by atoms with Crippen LogP contribution in [-0.2, 0) is 6.42 Å². The molecule has 0 aliphatic heterocycles. The standard InChI is InChI=1S/C26H33N11O3/c1-5-11-36(25(39)23-30-14-31-35-23)17(6-2)8-9-19-21(15(3)38)22(27)37-24(33-19)18(13-32-37)16-7-10-20(29-12-16)34-26(40)28-4/h7,10,12-14,17H,5-6,8-9,11,27H2,1-4H3,(H,30,31,35)(H2,28,29,34,40)/t17-/m1/s1. The molecule has 5 N–H and O–H groups in total. The molecule has 0 spiro atoms. The van der Waals surface area contributed by atoms with Gasteiger partial charge in [0.25, 0.3) is 5.91 Å². The second-order valence-electron chi connectivity index (χ2n) is 9.24. The number of nitrogens with two attached hydrogens (primary N) is 1. The van der Waals surface area contributed by atoms with Crippen LogP contribution in [0.4, 0.5) is 16.4 Å². The number of fused-ring (bicyclic) bond motifs is 1. The Morgan fingerprint density at radius 3 is 2.58 bits per heavy atom. The molecule has 0 bridgehead atoms. The molecule has 0 fully saturated rings. The molecule has 4 aromatic rings. The van der Waals surface area contributed by atoms with Gasteiger partial charge in [-0.1, -0.05) is 13.8 Å². The highest BCUT2D eigenvalue weighted by Gasteiger charge is 2.27. The van der Waals surface area contributed by atoms with Gasteiger partial charge in [-0.2, -0.15) is 14.7 Å². The maximum absolute atomic E-state index is 13.1. The van der Waals surface area contributed by atoms with E-state index in [0.717, 1.165) is 6.42 Å². The van der Waals surface area contributed by atoms with Gasteiger partial charge in [0.2, 0.25) is 5.82 Å². The number of nitrogen functional groups attached to an aromatic ring is 1. The zero-order chi connectivity index (χ0) is 28.8. The Labute approximate surface area is 230 Å². The average Bonchev–Trinajstić information content (AvgIpc) is 3.63. The quantitative estimate of drug-likeness (QED) is 0.205. The summed E-state index contributed by atoms with van der Waals surface area (Å²) < 4.78 is 1.44. The first kappa shape index (κ1) is 28.1. The molecule has 0 aliphatic rings. The van der Waals surface area contributed by atoms with E-state index in [-0.39, 0.29) is 35.4 Å². The molecule has 4 rings (SSSR count). The third-order valence-electron chi connectivity index (χ3n) is 6.62. The fourth-order valence-electron chi connectivity index (χ4n) is 4.66. The van der Waals surface area contributed by atoms with Gasteiger partial charge in [-0.25, -0.2) is 19.7 Å². The maximum Gasteiger partial charge on any atom is 0.320 e. The van der Waals surface area contributed by atoms with Crippen molar-refractivity contribution in [3.8, 4) is 11.1 Å². The van der Waals surface area contributed by atoms with Crippen LogP contribution in [0.2, 0.25) is 0 Å². The monoisotopic (exact) mass is 547 g/mol. The predicted octanol–water partition coefficient (Wildman–Crippen LogP) is 2.71. The number of hydrogen-bond acceptors (Lipinski definition) is 9. The van der Waals surface area contributed by atoms with Gasteiger partial charge in [-0.15, -0.1) is 0 Å². The van der Waals surface area contributed by atoms with E-state index in [9.17, 15) is 14.4 Å². The molecular weight excluding hydrogens is 514 g/mol. The Hall–Kier alpha value is -4.88. The number of rotatable bonds is 11. The molecule has 4 aromatic heterocycles. The van der Waals surface area contributed by atoms with E-state index in [2.05, 4.69) is 35.9 Å². The van der Waals surface area contributed by atoms with Crippen LogP contribution in [0.5, 0.6) is 0 Å². The average molecular weight is 548 g/mol. The summed E-state index contributed by atoms with van der Waals surface area (Å²) in [6, 6.07) is 2.96. The molecule has 0 aromatic carbocycles. The van der Waals surface area contributed by atoms with Crippen molar-refractivity contribution in [2.75, 3.05) is 24.6 Å². The number of nitrogens with one attached hydrogen (secondary N) is 3. The number of urea groups is 1. The second kappa shape index (κ2) is 12.3. The van der Waals surface area contributed by atoms with Crippen LogP contribution < -0.4 is 16.4 Å². The second-order valence-corrected chi connectivity index (χ2v) is 9.24. The number of aromatic amines is 1. The zero-order valence-electron chi connectivity index (χ0n) is 22.9. The number of anilines is 2. The SMILES string of the molecule is CCCN(C(=O)c1ncn[nH]1)[C@H](CC)CCc1nc2c(-c3ccc(NC(=O)NC)nc3)cnn2c(N)c1C(C)=O. The van der Waals surface area contributed by atoms with Gasteiger partial charge in [-0.05, 0) is 44.7 Å². The largest absolute Gasteiger partial charge is 0.383 e. The van der Waals surface area contributed by atoms with Crippen molar-refractivity contribution >= 4 is 35.0 Å². The Balaban J connectivity index is 1.67. The van der Waals surface area contributed by atoms with Crippen LogP contribution in [0.3, 0.4) is 0 Å². The molecule has 0 saturated carbocycles. The lowest BCUT2D eigenvalue weighted by Gasteiger charge is -2.30. The molecule has 0 aliphatic carbocycles. The van der Waals surface area contributed by atoms with Crippen molar-refractivity contribution in [2.24, 2.45) is 0 Å². The van der Waals surface area contributed by atoms with Crippen LogP contribution in [-0.4, -0.2) is 77.0 Å². The van der Waals surface area contributed by atoms with Gasteiger partial charge < -0.3 is 16.0 Å². The van der Waals surface area contributed by atoms with Crippen molar-refractivity contribution in [3.63, 3.8) is 0 Å². The summed E-state index contributed by atoms with van der Waals surface area (Å²) in [7, 11) is 1.52. The number of carbonyl (C=O) groups is 3. The molecule has 0 unspecified atom stereocenters. The number of Topliss-reactive ketones (excluding diaryl/α,β-unsaturated/α-hetero) is 1. The molecule has 210 valence electrons. The lowest BCUT2D eigenvalue weighted by Crippen LogP contribution is -2.41. The summed E-state index contributed by atoms with van der Waals surface area (Å²) in [5.74, 6) is 0.325. The summed E-state index contributed by atoms with van der Waals surface area (Å²) >= 11 is 0. The molecule has 14 heteroatoms. The van der Waals surface area contributed by atoms with E-state index in [4.69, 9.17) is 10.7 Å². The molecule has 0 saturated heterocycles. The molecule has 14 nitrogen and oxygen atoms in total. The number of H-pyrrole nitrogens is 1. The van der Waals surface area contributed by atoms with Crippen molar-refractivity contribution < 1.29 is 14.4 Å². The minimum atomic E-state index is -0.377. The van der Waals surface area contributed by atoms with Crippen LogP contribution in [0.25, 0.3) is 16.8 Å². The maximum atomic E-state index is 13.1. The van der Waals surface area contributed by atoms with Crippen LogP contribution in [0.15, 0.2) is 30.9 Å². The summed E-state index contributed by atoms with van der Waals surface area (Å²) in [6.45, 7) is 6.03. The van der Waals surface area contributed by atoms with E-state index in [1.807, 2.05) is 13.8 Å². The number of ketones is 1. The number of carbonyl (C=O) groups excluding carboxylic acids is 3. The van der Waals surface area contributed by atoms with E-state index < -0.39 is 0 Å². The first-order valence-electron chi connectivity index (χ1n) is 13.1. The smallest absolute Gasteiger partial charge is 0.320 e. The van der Waals surface area contributed by atoms with E-state index in [0.29, 0.717) is 59.7 Å². The molecule has 3 amide bonds. The number of nitrogens with zero attached hydrogens (tertiary/aromatic N) is 7. The van der Waals surface area contributed by atoms with Gasteiger partial charge >= 0.3 is 6.03 Å². The minimum Gasteiger partial charge on any atom is -0.383 e. The van der Waals surface area contributed by atoms with Crippen LogP contribution >= 0.6 is 0 Å². The minimum absolute atomic E-state index is 0.120. The topological polar surface area (TPSA) is 189 Å². The van der Waals surface area contributed by atoms with Gasteiger partial charge in [0.05, 0.1) is 17.5 Å². The lowest BCUT2D eigenvalue weighted by atomic mass is 10.0. The number of aryl methyl sites for hydroxylation is 1. The number of pyridine rings is 1. The van der Waals surface area contributed by atoms with Gasteiger partial charge in [0.15, 0.2) is 11.4 Å². The highest BCUT2D eigenvalue weighted by molar-refractivity contribution is 6.00. The summed E-state index contributed by atoms with van der Waals surface area (Å²) in [6.07, 6.45) is 6.97. The molecule has 0 radical (unpaired) electrons. The van der Waals surface area contributed by atoms with E-state index >= 15 is 0 Å². The Morgan fingerprint density at radius 1 is 1.18 bits per heavy atom. The third-order valence-corrected chi connectivity index (χ3v) is 6.62.